The summed E-state index contributed by atoms with van der Waals surface area (Å²) in [6.07, 6.45) is 1.37. The summed E-state index contributed by atoms with van der Waals surface area (Å²) in [6, 6.07) is 0.792. The zero-order chi connectivity index (χ0) is 8.43. The third-order valence-electron chi connectivity index (χ3n) is 2.47. The van der Waals surface area contributed by atoms with Crippen LogP contribution in [0.2, 0.25) is 0 Å². The molecule has 0 amide bonds. The predicted octanol–water partition coefficient (Wildman–Crippen LogP) is 0.888. The molecule has 2 nitrogen and oxygen atoms in total. The Morgan fingerprint density at radius 3 is 2.45 bits per heavy atom. The van der Waals surface area contributed by atoms with Gasteiger partial charge in [-0.25, -0.2) is 0 Å². The Balaban J connectivity index is 2.34. The Morgan fingerprint density at radius 1 is 1.45 bits per heavy atom. The lowest BCUT2D eigenvalue weighted by atomic mass is 10.1. The molecule has 0 saturated carbocycles. The van der Waals surface area contributed by atoms with Gasteiger partial charge in [-0.05, 0) is 33.5 Å². The zero-order valence-corrected chi connectivity index (χ0v) is 8.17. The van der Waals surface area contributed by atoms with Crippen LogP contribution in [0.4, 0.5) is 0 Å². The molecule has 1 aliphatic heterocycles. The smallest absolute Gasteiger partial charge is 0.0223 e. The molecule has 0 aromatic rings. The number of nitrogens with zero attached hydrogens (tertiary/aromatic N) is 2. The van der Waals surface area contributed by atoms with Crippen LogP contribution in [-0.4, -0.2) is 50.1 Å². The highest BCUT2D eigenvalue weighted by Crippen LogP contribution is 2.20. The maximum atomic E-state index is 2.48. The molecular weight excluding hydrogens is 136 g/mol. The number of hydrogen-bond donors (Lipinski definition) is 0. The molecule has 1 aliphatic rings. The van der Waals surface area contributed by atoms with Gasteiger partial charge in [0.2, 0.25) is 0 Å². The molecule has 11 heavy (non-hydrogen) atoms. The topological polar surface area (TPSA) is 6.48 Å². The van der Waals surface area contributed by atoms with Gasteiger partial charge in [0.15, 0.2) is 0 Å². The Labute approximate surface area is 70.2 Å². The molecule has 0 N–H and O–H groups in total. The molecule has 0 aromatic heterocycles. The van der Waals surface area contributed by atoms with Crippen LogP contribution in [0.15, 0.2) is 0 Å². The van der Waals surface area contributed by atoms with Gasteiger partial charge < -0.3 is 9.80 Å². The fourth-order valence-corrected chi connectivity index (χ4v) is 2.00. The van der Waals surface area contributed by atoms with Crippen molar-refractivity contribution in [1.82, 2.24) is 9.80 Å². The van der Waals surface area contributed by atoms with Crippen molar-refractivity contribution < 1.29 is 0 Å². The number of likely N-dealkylation sites (tertiary alicyclic amines) is 1. The summed E-state index contributed by atoms with van der Waals surface area (Å²) < 4.78 is 0. The largest absolute Gasteiger partial charge is 0.308 e. The summed E-state index contributed by atoms with van der Waals surface area (Å²) >= 11 is 0. The zero-order valence-electron chi connectivity index (χ0n) is 8.17. The van der Waals surface area contributed by atoms with Crippen molar-refractivity contribution in [3.05, 3.63) is 0 Å². The van der Waals surface area contributed by atoms with E-state index >= 15 is 0 Å². The average molecular weight is 156 g/mol. The third-order valence-corrected chi connectivity index (χ3v) is 2.47. The van der Waals surface area contributed by atoms with Gasteiger partial charge in [0.1, 0.15) is 0 Å². The standard InChI is InChI=1S/C9H20N2/c1-8-5-9(7-10(2)3)11(4)6-8/h8-9H,5-7H2,1-4H3. The lowest BCUT2D eigenvalue weighted by molar-refractivity contribution is 0.243. The van der Waals surface area contributed by atoms with E-state index in [0.29, 0.717) is 0 Å². The molecule has 0 aliphatic carbocycles. The van der Waals surface area contributed by atoms with Crippen molar-refractivity contribution in [2.75, 3.05) is 34.2 Å². The first-order valence-electron chi connectivity index (χ1n) is 4.44. The highest BCUT2D eigenvalue weighted by atomic mass is 15.2. The quantitative estimate of drug-likeness (QED) is 0.586. The van der Waals surface area contributed by atoms with E-state index in [0.717, 1.165) is 12.0 Å². The van der Waals surface area contributed by atoms with E-state index < -0.39 is 0 Å². The highest BCUT2D eigenvalue weighted by Gasteiger charge is 2.26. The van der Waals surface area contributed by atoms with Crippen molar-refractivity contribution in [1.29, 1.82) is 0 Å². The first kappa shape index (κ1) is 9.01. The summed E-state index contributed by atoms with van der Waals surface area (Å²) in [6.45, 7) is 4.82. The molecular formula is C9H20N2. The molecule has 66 valence electrons. The highest BCUT2D eigenvalue weighted by molar-refractivity contribution is 4.82. The fraction of sp³-hybridized carbons (Fsp3) is 1.00. The predicted molar refractivity (Wildman–Crippen MR) is 48.8 cm³/mol. The molecule has 1 heterocycles. The molecule has 2 atom stereocenters. The summed E-state index contributed by atoms with van der Waals surface area (Å²) in [5, 5.41) is 0. The van der Waals surface area contributed by atoms with Gasteiger partial charge in [0.25, 0.3) is 0 Å². The summed E-state index contributed by atoms with van der Waals surface area (Å²) in [7, 11) is 6.53. The van der Waals surface area contributed by atoms with Gasteiger partial charge in [-0.15, -0.1) is 0 Å². The van der Waals surface area contributed by atoms with Crippen LogP contribution in [0.5, 0.6) is 0 Å². The second kappa shape index (κ2) is 3.55. The molecule has 0 aromatic carbocycles. The van der Waals surface area contributed by atoms with Gasteiger partial charge in [-0.2, -0.15) is 0 Å². The van der Waals surface area contributed by atoms with E-state index in [9.17, 15) is 0 Å². The maximum Gasteiger partial charge on any atom is 0.0223 e. The van der Waals surface area contributed by atoms with Crippen LogP contribution < -0.4 is 0 Å². The second-order valence-electron chi connectivity index (χ2n) is 4.20. The van der Waals surface area contributed by atoms with Crippen molar-refractivity contribution >= 4 is 0 Å². The van der Waals surface area contributed by atoms with Gasteiger partial charge in [0.05, 0.1) is 0 Å². The molecule has 2 unspecified atom stereocenters. The van der Waals surface area contributed by atoms with E-state index in [4.69, 9.17) is 0 Å². The molecule has 1 saturated heterocycles. The monoisotopic (exact) mass is 156 g/mol. The number of likely N-dealkylation sites (N-methyl/N-ethyl adjacent to an activating group) is 2. The second-order valence-corrected chi connectivity index (χ2v) is 4.20. The Bertz CT molecular complexity index is 123. The van der Waals surface area contributed by atoms with Crippen molar-refractivity contribution in [2.24, 2.45) is 5.92 Å². The van der Waals surface area contributed by atoms with Crippen LogP contribution in [0.25, 0.3) is 0 Å². The molecule has 1 fully saturated rings. The van der Waals surface area contributed by atoms with Crippen LogP contribution in [0, 0.1) is 5.92 Å². The van der Waals surface area contributed by atoms with Crippen molar-refractivity contribution in [3.63, 3.8) is 0 Å². The Morgan fingerprint density at radius 2 is 2.09 bits per heavy atom. The first-order chi connectivity index (χ1) is 5.09. The Kier molecular flexibility index (Phi) is 2.90. The third kappa shape index (κ3) is 2.46. The minimum atomic E-state index is 0.792. The van der Waals surface area contributed by atoms with Crippen LogP contribution in [0.3, 0.4) is 0 Å². The molecule has 0 bridgehead atoms. The van der Waals surface area contributed by atoms with Crippen LogP contribution >= 0.6 is 0 Å². The normalized spacial score (nSPS) is 33.5. The van der Waals surface area contributed by atoms with Gasteiger partial charge >= 0.3 is 0 Å². The van der Waals surface area contributed by atoms with Crippen LogP contribution in [0.1, 0.15) is 13.3 Å². The molecule has 2 heteroatoms. The first-order valence-corrected chi connectivity index (χ1v) is 4.44. The van der Waals surface area contributed by atoms with Crippen molar-refractivity contribution in [3.8, 4) is 0 Å². The van der Waals surface area contributed by atoms with Crippen LogP contribution in [-0.2, 0) is 0 Å². The number of hydrogen-bond acceptors (Lipinski definition) is 2. The van der Waals surface area contributed by atoms with E-state index in [1.165, 1.54) is 19.5 Å². The van der Waals surface area contributed by atoms with E-state index in [2.05, 4.69) is 37.9 Å². The van der Waals surface area contributed by atoms with Crippen molar-refractivity contribution in [2.45, 2.75) is 19.4 Å². The minimum Gasteiger partial charge on any atom is -0.308 e. The van der Waals surface area contributed by atoms with Gasteiger partial charge in [0, 0.05) is 19.1 Å². The van der Waals surface area contributed by atoms with Gasteiger partial charge in [-0.3, -0.25) is 0 Å². The lowest BCUT2D eigenvalue weighted by Crippen LogP contribution is -2.34. The summed E-state index contributed by atoms with van der Waals surface area (Å²) in [4.78, 5) is 4.75. The average Bonchev–Trinajstić information content (AvgIpc) is 2.09. The van der Waals surface area contributed by atoms with Gasteiger partial charge in [-0.1, -0.05) is 6.92 Å². The summed E-state index contributed by atoms with van der Waals surface area (Å²) in [5.41, 5.74) is 0. The molecule has 0 radical (unpaired) electrons. The SMILES string of the molecule is CC1CC(CN(C)C)N(C)C1. The fourth-order valence-electron chi connectivity index (χ4n) is 2.00. The number of rotatable bonds is 2. The minimum absolute atomic E-state index is 0.792. The Hall–Kier alpha value is -0.0800. The molecule has 1 rings (SSSR count). The van der Waals surface area contributed by atoms with E-state index in [1.54, 1.807) is 0 Å². The van der Waals surface area contributed by atoms with E-state index in [-0.39, 0.29) is 0 Å². The summed E-state index contributed by atoms with van der Waals surface area (Å²) in [5.74, 6) is 0.893. The maximum absolute atomic E-state index is 2.48. The van der Waals surface area contributed by atoms with E-state index in [1.807, 2.05) is 0 Å². The lowest BCUT2D eigenvalue weighted by Gasteiger charge is -2.22. The molecule has 0 spiro atoms.